The maximum absolute atomic E-state index is 11.3. The molecular weight excluding hydrogens is 240 g/mol. The zero-order valence-electron chi connectivity index (χ0n) is 11.6. The number of hydrogen-bond donors (Lipinski definition) is 1. The van der Waals surface area contributed by atoms with Crippen molar-refractivity contribution in [3.05, 3.63) is 46.8 Å². The van der Waals surface area contributed by atoms with Gasteiger partial charge in [-0.1, -0.05) is 32.0 Å². The Balaban J connectivity index is 2.73. The van der Waals surface area contributed by atoms with E-state index in [0.717, 1.165) is 22.5 Å². The fraction of sp³-hybridized carbons (Fsp3) is 0.333. The highest BCUT2D eigenvalue weighted by Gasteiger charge is 2.21. The van der Waals surface area contributed by atoms with Crippen LogP contribution in [0.4, 0.5) is 0 Å². The first kappa shape index (κ1) is 13.3. The summed E-state index contributed by atoms with van der Waals surface area (Å²) in [6.45, 7) is 7.98. The van der Waals surface area contributed by atoms with Crippen molar-refractivity contribution in [3.8, 4) is 5.69 Å². The van der Waals surface area contributed by atoms with Gasteiger partial charge in [0.05, 0.1) is 17.6 Å². The standard InChI is InChI=1S/C15H18N2O2/c1-9(2)13-12(15(18)19)8-16-17(13)14-10(3)6-5-7-11(14)4/h5-9H,1-4H3,(H,18,19). The van der Waals surface area contributed by atoms with Gasteiger partial charge in [0.25, 0.3) is 0 Å². The minimum absolute atomic E-state index is 0.0904. The van der Waals surface area contributed by atoms with Crippen LogP contribution in [-0.2, 0) is 0 Å². The second kappa shape index (κ2) is 4.88. The van der Waals surface area contributed by atoms with Crippen molar-refractivity contribution < 1.29 is 9.90 Å². The van der Waals surface area contributed by atoms with Crippen molar-refractivity contribution in [3.63, 3.8) is 0 Å². The van der Waals surface area contributed by atoms with Gasteiger partial charge in [-0.05, 0) is 30.9 Å². The molecule has 0 amide bonds. The maximum atomic E-state index is 11.3. The molecule has 0 saturated heterocycles. The van der Waals surface area contributed by atoms with E-state index in [0.29, 0.717) is 0 Å². The van der Waals surface area contributed by atoms with E-state index in [-0.39, 0.29) is 11.5 Å². The van der Waals surface area contributed by atoms with Crippen LogP contribution in [0.2, 0.25) is 0 Å². The van der Waals surface area contributed by atoms with Crippen LogP contribution in [-0.4, -0.2) is 20.9 Å². The molecule has 2 rings (SSSR count). The highest BCUT2D eigenvalue weighted by Crippen LogP contribution is 2.26. The second-order valence-electron chi connectivity index (χ2n) is 5.06. The van der Waals surface area contributed by atoms with Gasteiger partial charge < -0.3 is 5.11 Å². The summed E-state index contributed by atoms with van der Waals surface area (Å²) in [6, 6.07) is 6.01. The van der Waals surface area contributed by atoms with Crippen LogP contribution in [0.1, 0.15) is 46.9 Å². The number of aromatic nitrogens is 2. The van der Waals surface area contributed by atoms with Crippen LogP contribution in [0, 0.1) is 13.8 Å². The molecule has 19 heavy (non-hydrogen) atoms. The third kappa shape index (κ3) is 2.26. The molecule has 0 bridgehead atoms. The van der Waals surface area contributed by atoms with E-state index in [1.807, 2.05) is 45.9 Å². The topological polar surface area (TPSA) is 55.1 Å². The summed E-state index contributed by atoms with van der Waals surface area (Å²) >= 11 is 0. The first-order valence-corrected chi connectivity index (χ1v) is 6.31. The van der Waals surface area contributed by atoms with Crippen molar-refractivity contribution >= 4 is 5.97 Å². The van der Waals surface area contributed by atoms with Crippen molar-refractivity contribution in [2.75, 3.05) is 0 Å². The van der Waals surface area contributed by atoms with Gasteiger partial charge in [0.2, 0.25) is 0 Å². The van der Waals surface area contributed by atoms with E-state index in [1.165, 1.54) is 6.20 Å². The third-order valence-corrected chi connectivity index (χ3v) is 3.24. The lowest BCUT2D eigenvalue weighted by molar-refractivity contribution is 0.0695. The lowest BCUT2D eigenvalue weighted by Crippen LogP contribution is -2.10. The zero-order valence-corrected chi connectivity index (χ0v) is 11.6. The van der Waals surface area contributed by atoms with Gasteiger partial charge in [-0.25, -0.2) is 9.48 Å². The normalized spacial score (nSPS) is 11.0. The number of rotatable bonds is 3. The van der Waals surface area contributed by atoms with Crippen molar-refractivity contribution in [2.45, 2.75) is 33.6 Å². The number of carboxylic acids is 1. The lowest BCUT2D eigenvalue weighted by Gasteiger charge is -2.15. The van der Waals surface area contributed by atoms with Crippen LogP contribution < -0.4 is 0 Å². The molecule has 1 aromatic heterocycles. The predicted molar refractivity (Wildman–Crippen MR) is 74.1 cm³/mol. The summed E-state index contributed by atoms with van der Waals surface area (Å²) in [7, 11) is 0. The van der Waals surface area contributed by atoms with Gasteiger partial charge in [0, 0.05) is 0 Å². The van der Waals surface area contributed by atoms with Crippen LogP contribution in [0.15, 0.2) is 24.4 Å². The number of aryl methyl sites for hydroxylation is 2. The first-order valence-electron chi connectivity index (χ1n) is 6.31. The zero-order chi connectivity index (χ0) is 14.2. The Bertz CT molecular complexity index is 607. The van der Waals surface area contributed by atoms with Gasteiger partial charge in [-0.3, -0.25) is 0 Å². The highest BCUT2D eigenvalue weighted by molar-refractivity contribution is 5.89. The van der Waals surface area contributed by atoms with Gasteiger partial charge in [-0.2, -0.15) is 5.10 Å². The number of nitrogens with zero attached hydrogens (tertiary/aromatic N) is 2. The monoisotopic (exact) mass is 258 g/mol. The third-order valence-electron chi connectivity index (χ3n) is 3.24. The van der Waals surface area contributed by atoms with Crippen LogP contribution in [0.5, 0.6) is 0 Å². The van der Waals surface area contributed by atoms with E-state index < -0.39 is 5.97 Å². The van der Waals surface area contributed by atoms with E-state index in [9.17, 15) is 9.90 Å². The fourth-order valence-corrected chi connectivity index (χ4v) is 2.40. The molecule has 0 atom stereocenters. The van der Waals surface area contributed by atoms with E-state index >= 15 is 0 Å². The number of carboxylic acid groups (broad SMARTS) is 1. The Morgan fingerprint density at radius 2 is 1.84 bits per heavy atom. The number of aromatic carboxylic acids is 1. The largest absolute Gasteiger partial charge is 0.478 e. The molecule has 0 fully saturated rings. The highest BCUT2D eigenvalue weighted by atomic mass is 16.4. The average Bonchev–Trinajstić information content (AvgIpc) is 2.73. The Morgan fingerprint density at radius 3 is 2.32 bits per heavy atom. The smallest absolute Gasteiger partial charge is 0.339 e. The molecule has 1 N–H and O–H groups in total. The summed E-state index contributed by atoms with van der Waals surface area (Å²) in [6.07, 6.45) is 1.43. The predicted octanol–water partition coefficient (Wildman–Crippen LogP) is 3.31. The molecule has 0 aliphatic heterocycles. The van der Waals surface area contributed by atoms with Crippen LogP contribution in [0.3, 0.4) is 0 Å². The molecule has 4 heteroatoms. The molecule has 1 aromatic carbocycles. The van der Waals surface area contributed by atoms with E-state index in [1.54, 1.807) is 4.68 Å². The molecule has 1 heterocycles. The molecule has 2 aromatic rings. The van der Waals surface area contributed by atoms with Crippen molar-refractivity contribution in [1.82, 2.24) is 9.78 Å². The molecule has 0 aliphatic rings. The molecule has 0 saturated carbocycles. The Labute approximate surface area is 112 Å². The quantitative estimate of drug-likeness (QED) is 0.918. The van der Waals surface area contributed by atoms with Gasteiger partial charge >= 0.3 is 5.97 Å². The van der Waals surface area contributed by atoms with Crippen molar-refractivity contribution in [2.24, 2.45) is 0 Å². The second-order valence-corrected chi connectivity index (χ2v) is 5.06. The minimum atomic E-state index is -0.929. The average molecular weight is 258 g/mol. The molecule has 4 nitrogen and oxygen atoms in total. The van der Waals surface area contributed by atoms with Crippen LogP contribution in [0.25, 0.3) is 5.69 Å². The molecule has 0 aliphatic carbocycles. The maximum Gasteiger partial charge on any atom is 0.339 e. The Kier molecular flexibility index (Phi) is 3.42. The van der Waals surface area contributed by atoms with Crippen molar-refractivity contribution in [1.29, 1.82) is 0 Å². The number of para-hydroxylation sites is 1. The van der Waals surface area contributed by atoms with Gasteiger partial charge in [0.15, 0.2) is 0 Å². The summed E-state index contributed by atoms with van der Waals surface area (Å²) in [5.74, 6) is -0.839. The Morgan fingerprint density at radius 1 is 1.26 bits per heavy atom. The van der Waals surface area contributed by atoms with Gasteiger partial charge in [0.1, 0.15) is 5.56 Å². The first-order chi connectivity index (χ1) is 8.93. The summed E-state index contributed by atoms with van der Waals surface area (Å²) in [4.78, 5) is 11.3. The minimum Gasteiger partial charge on any atom is -0.478 e. The SMILES string of the molecule is Cc1cccc(C)c1-n1ncc(C(=O)O)c1C(C)C. The number of carbonyl (C=O) groups is 1. The van der Waals surface area contributed by atoms with E-state index in [4.69, 9.17) is 0 Å². The number of benzene rings is 1. The Hall–Kier alpha value is -2.10. The summed E-state index contributed by atoms with van der Waals surface area (Å²) in [5, 5.41) is 13.5. The molecule has 100 valence electrons. The molecular formula is C15H18N2O2. The number of hydrogen-bond acceptors (Lipinski definition) is 2. The molecule has 0 spiro atoms. The van der Waals surface area contributed by atoms with Gasteiger partial charge in [-0.15, -0.1) is 0 Å². The lowest BCUT2D eigenvalue weighted by atomic mass is 10.0. The molecule has 0 unspecified atom stereocenters. The summed E-state index contributed by atoms with van der Waals surface area (Å²) < 4.78 is 1.76. The van der Waals surface area contributed by atoms with E-state index in [2.05, 4.69) is 5.10 Å². The fourth-order valence-electron chi connectivity index (χ4n) is 2.40. The molecule has 0 radical (unpaired) electrons. The summed E-state index contributed by atoms with van der Waals surface area (Å²) in [5.41, 5.74) is 4.16. The van der Waals surface area contributed by atoms with Crippen LogP contribution >= 0.6 is 0 Å².